The number of rotatable bonds is 11. The lowest BCUT2D eigenvalue weighted by molar-refractivity contribution is 0.0710. The first kappa shape index (κ1) is 28.2. The molecule has 7 nitrogen and oxygen atoms in total. The van der Waals surface area contributed by atoms with Crippen LogP contribution >= 0.6 is 0 Å². The molecule has 1 aliphatic rings. The zero-order valence-electron chi connectivity index (χ0n) is 23.6. The van der Waals surface area contributed by atoms with Gasteiger partial charge in [0.1, 0.15) is 23.1 Å². The summed E-state index contributed by atoms with van der Waals surface area (Å²) >= 11 is 0. The number of carbonyl (C=O) groups excluding carboxylic acids is 1. The Kier molecular flexibility index (Phi) is 9.21. The van der Waals surface area contributed by atoms with E-state index >= 15 is 0 Å². The third-order valence-corrected chi connectivity index (χ3v) is 7.16. The topological polar surface area (TPSA) is 58.4 Å². The molecule has 0 bridgehead atoms. The Morgan fingerprint density at radius 1 is 0.878 bits per heavy atom. The average Bonchev–Trinajstić information content (AvgIpc) is 3.46. The number of nitrogens with zero attached hydrogens (tertiary/aromatic N) is 3. The van der Waals surface area contributed by atoms with Crippen LogP contribution in [-0.4, -0.2) is 55.6 Å². The minimum atomic E-state index is -0.267. The molecule has 1 amide bonds. The van der Waals surface area contributed by atoms with Gasteiger partial charge in [-0.3, -0.25) is 9.69 Å². The number of hydrogen-bond acceptors (Lipinski definition) is 6. The number of carbonyl (C=O) groups is 1. The Morgan fingerprint density at radius 2 is 1.61 bits per heavy atom. The lowest BCUT2D eigenvalue weighted by Gasteiger charge is -2.36. The number of hydrogen-bond donors (Lipinski definition) is 0. The number of piperazine rings is 1. The minimum absolute atomic E-state index is 0.113. The fourth-order valence-corrected chi connectivity index (χ4v) is 5.19. The summed E-state index contributed by atoms with van der Waals surface area (Å²) in [7, 11) is 1.64. The van der Waals surface area contributed by atoms with E-state index < -0.39 is 0 Å². The first-order chi connectivity index (χ1) is 20.0. The van der Waals surface area contributed by atoms with E-state index in [0.717, 1.165) is 28.3 Å². The van der Waals surface area contributed by atoms with Crippen LogP contribution in [0.1, 0.15) is 34.4 Å². The molecule has 1 aromatic heterocycles. The highest BCUT2D eigenvalue weighted by Gasteiger charge is 2.26. The van der Waals surface area contributed by atoms with Crippen molar-refractivity contribution < 1.29 is 23.1 Å². The highest BCUT2D eigenvalue weighted by Crippen LogP contribution is 2.29. The molecule has 0 aliphatic carbocycles. The zero-order valence-corrected chi connectivity index (χ0v) is 23.6. The van der Waals surface area contributed by atoms with Crippen molar-refractivity contribution in [2.75, 3.05) is 44.8 Å². The molecule has 0 saturated carbocycles. The van der Waals surface area contributed by atoms with Crippen LogP contribution in [0.4, 0.5) is 10.1 Å². The van der Waals surface area contributed by atoms with Crippen LogP contribution in [0.25, 0.3) is 0 Å². The quantitative estimate of drug-likeness (QED) is 0.226. The molecule has 1 saturated heterocycles. The Hall–Kier alpha value is -4.30. The largest absolute Gasteiger partial charge is 0.497 e. The Labute approximate surface area is 240 Å². The molecule has 3 aromatic carbocycles. The molecule has 0 N–H and O–H groups in total. The molecule has 0 unspecified atom stereocenters. The van der Waals surface area contributed by atoms with Crippen molar-refractivity contribution >= 4 is 11.6 Å². The molecule has 8 heteroatoms. The molecule has 214 valence electrons. The van der Waals surface area contributed by atoms with Crippen molar-refractivity contribution in [1.82, 2.24) is 9.80 Å². The van der Waals surface area contributed by atoms with Gasteiger partial charge in [0.25, 0.3) is 5.91 Å². The molecule has 1 fully saturated rings. The number of methoxy groups -OCH3 is 1. The van der Waals surface area contributed by atoms with Gasteiger partial charge in [-0.15, -0.1) is 0 Å². The number of benzene rings is 3. The monoisotopic (exact) mass is 557 g/mol. The van der Waals surface area contributed by atoms with Crippen LogP contribution in [0.2, 0.25) is 0 Å². The maximum Gasteiger partial charge on any atom is 0.289 e. The molecule has 41 heavy (non-hydrogen) atoms. The average molecular weight is 558 g/mol. The van der Waals surface area contributed by atoms with Gasteiger partial charge < -0.3 is 23.7 Å². The van der Waals surface area contributed by atoms with Gasteiger partial charge in [-0.1, -0.05) is 36.4 Å². The number of anilines is 1. The maximum atomic E-state index is 13.9. The highest BCUT2D eigenvalue weighted by atomic mass is 19.1. The summed E-state index contributed by atoms with van der Waals surface area (Å²) in [5, 5.41) is 0. The molecule has 0 atom stereocenters. The normalized spacial score (nSPS) is 13.5. The SMILES string of the molecule is CCOc1ccccc1N1CCN(C(=O)c2ccc(CN(Cc3cccc(F)c3)Cc3cccc(OC)c3)o2)CC1. The number of amides is 1. The fourth-order valence-electron chi connectivity index (χ4n) is 5.19. The molecule has 1 aliphatic heterocycles. The van der Waals surface area contributed by atoms with Gasteiger partial charge in [0.05, 0.1) is 25.9 Å². The molecule has 4 aromatic rings. The van der Waals surface area contributed by atoms with Crippen LogP contribution < -0.4 is 14.4 Å². The second-order valence-electron chi connectivity index (χ2n) is 10.1. The van der Waals surface area contributed by atoms with E-state index in [9.17, 15) is 9.18 Å². The standard InChI is InChI=1S/C33H36FN3O4/c1-3-40-31-13-5-4-12-30(31)36-16-18-37(19-17-36)33(38)32-15-14-29(41-32)24-35(22-25-8-6-10-27(34)20-25)23-26-9-7-11-28(21-26)39-2/h4-15,20-21H,3,16-19,22-24H2,1-2H3. The third-order valence-electron chi connectivity index (χ3n) is 7.16. The van der Waals surface area contributed by atoms with Crippen molar-refractivity contribution in [2.24, 2.45) is 0 Å². The van der Waals surface area contributed by atoms with Gasteiger partial charge in [0, 0.05) is 39.3 Å². The molecule has 0 radical (unpaired) electrons. The summed E-state index contributed by atoms with van der Waals surface area (Å²) in [5.41, 5.74) is 2.98. The van der Waals surface area contributed by atoms with Crippen LogP contribution in [0, 0.1) is 5.82 Å². The zero-order chi connectivity index (χ0) is 28.6. The van der Waals surface area contributed by atoms with Crippen LogP contribution in [0.15, 0.2) is 89.3 Å². The number of furan rings is 1. The van der Waals surface area contributed by atoms with Crippen molar-refractivity contribution in [3.05, 3.63) is 113 Å². The summed E-state index contributed by atoms with van der Waals surface area (Å²) in [5.74, 6) is 2.27. The van der Waals surface area contributed by atoms with E-state index in [0.29, 0.717) is 63.9 Å². The van der Waals surface area contributed by atoms with Gasteiger partial charge >= 0.3 is 0 Å². The fraction of sp³-hybridized carbons (Fsp3) is 0.303. The second-order valence-corrected chi connectivity index (χ2v) is 10.1. The van der Waals surface area contributed by atoms with E-state index in [4.69, 9.17) is 13.9 Å². The molecular formula is C33H36FN3O4. The number of halogens is 1. The third kappa shape index (κ3) is 7.27. The molecular weight excluding hydrogens is 521 g/mol. The second kappa shape index (κ2) is 13.4. The summed E-state index contributed by atoms with van der Waals surface area (Å²) in [6.45, 7) is 6.78. The van der Waals surface area contributed by atoms with E-state index in [2.05, 4.69) is 15.9 Å². The Morgan fingerprint density at radius 3 is 2.34 bits per heavy atom. The van der Waals surface area contributed by atoms with E-state index in [1.54, 1.807) is 25.3 Å². The smallest absolute Gasteiger partial charge is 0.289 e. The van der Waals surface area contributed by atoms with Crippen LogP contribution in [0.3, 0.4) is 0 Å². The number of para-hydroxylation sites is 2. The Bertz CT molecular complexity index is 1450. The lowest BCUT2D eigenvalue weighted by Crippen LogP contribution is -2.48. The van der Waals surface area contributed by atoms with E-state index in [1.807, 2.05) is 66.4 Å². The van der Waals surface area contributed by atoms with Gasteiger partial charge in [-0.05, 0) is 66.6 Å². The van der Waals surface area contributed by atoms with Crippen molar-refractivity contribution in [2.45, 2.75) is 26.6 Å². The van der Waals surface area contributed by atoms with Crippen molar-refractivity contribution in [1.29, 1.82) is 0 Å². The summed E-state index contributed by atoms with van der Waals surface area (Å²) in [6, 6.07) is 26.1. The predicted molar refractivity (Wildman–Crippen MR) is 157 cm³/mol. The van der Waals surface area contributed by atoms with Gasteiger partial charge in [0.15, 0.2) is 5.76 Å². The van der Waals surface area contributed by atoms with E-state index in [-0.39, 0.29) is 11.7 Å². The minimum Gasteiger partial charge on any atom is -0.497 e. The number of ether oxygens (including phenoxy) is 2. The lowest BCUT2D eigenvalue weighted by atomic mass is 10.1. The van der Waals surface area contributed by atoms with Crippen molar-refractivity contribution in [3.63, 3.8) is 0 Å². The predicted octanol–water partition coefficient (Wildman–Crippen LogP) is 5.99. The Balaban J connectivity index is 1.24. The van der Waals surface area contributed by atoms with Gasteiger partial charge in [-0.25, -0.2) is 4.39 Å². The van der Waals surface area contributed by atoms with Crippen molar-refractivity contribution in [3.8, 4) is 11.5 Å². The first-order valence-electron chi connectivity index (χ1n) is 14.0. The van der Waals surface area contributed by atoms with Gasteiger partial charge in [-0.2, -0.15) is 0 Å². The molecule has 2 heterocycles. The molecule has 5 rings (SSSR count). The summed E-state index contributed by atoms with van der Waals surface area (Å²) in [4.78, 5) is 19.6. The van der Waals surface area contributed by atoms with Gasteiger partial charge in [0.2, 0.25) is 0 Å². The van der Waals surface area contributed by atoms with Crippen LogP contribution in [0.5, 0.6) is 11.5 Å². The molecule has 0 spiro atoms. The first-order valence-corrected chi connectivity index (χ1v) is 14.0. The highest BCUT2D eigenvalue weighted by molar-refractivity contribution is 5.91. The maximum absolute atomic E-state index is 13.9. The summed E-state index contributed by atoms with van der Waals surface area (Å²) in [6.07, 6.45) is 0. The van der Waals surface area contributed by atoms with E-state index in [1.165, 1.54) is 6.07 Å². The summed E-state index contributed by atoms with van der Waals surface area (Å²) < 4.78 is 31.2. The van der Waals surface area contributed by atoms with Crippen LogP contribution in [-0.2, 0) is 19.6 Å².